The Morgan fingerprint density at radius 3 is 2.83 bits per heavy atom. The van der Waals surface area contributed by atoms with Crippen LogP contribution in [0.25, 0.3) is 0 Å². The van der Waals surface area contributed by atoms with Crippen LogP contribution in [-0.4, -0.2) is 11.1 Å². The molecule has 3 atom stereocenters. The van der Waals surface area contributed by atoms with Crippen molar-refractivity contribution in [2.75, 3.05) is 10.7 Å². The van der Waals surface area contributed by atoms with Gasteiger partial charge in [-0.15, -0.1) is 0 Å². The molecule has 1 aliphatic heterocycles. The molecule has 2 heterocycles. The first kappa shape index (κ1) is 18.1. The smallest absolute Gasteiger partial charge is 0.335 e. The van der Waals surface area contributed by atoms with Gasteiger partial charge in [-0.05, 0) is 60.4 Å². The molecule has 29 heavy (non-hydrogen) atoms. The Morgan fingerprint density at radius 1 is 1.24 bits per heavy atom. The summed E-state index contributed by atoms with van der Waals surface area (Å²) in [4.78, 5) is 11.4. The van der Waals surface area contributed by atoms with Crippen LogP contribution in [0, 0.1) is 5.92 Å². The summed E-state index contributed by atoms with van der Waals surface area (Å²) in [5.74, 6) is -0.601. The number of nitrogens with two attached hydrogens (primary N) is 1. The van der Waals surface area contributed by atoms with Crippen LogP contribution in [0.3, 0.4) is 0 Å². The van der Waals surface area contributed by atoms with Crippen molar-refractivity contribution >= 4 is 28.9 Å². The fraction of sp³-hybridized carbons (Fsp3) is 0.227. The average Bonchev–Trinajstić information content (AvgIpc) is 3.36. The molecule has 7 heteroatoms. The molecular formula is C22H20ClN3O3. The Labute approximate surface area is 172 Å². The van der Waals surface area contributed by atoms with Crippen molar-refractivity contribution in [3.05, 3.63) is 82.3 Å². The summed E-state index contributed by atoms with van der Waals surface area (Å²) in [5.41, 5.74) is 14.7. The number of aromatic carboxylic acids is 1. The highest BCUT2D eigenvalue weighted by atomic mass is 35.5. The number of nitrogens with zero attached hydrogens (tertiary/aromatic N) is 1. The van der Waals surface area contributed by atoms with E-state index in [1.165, 1.54) is 0 Å². The zero-order valence-corrected chi connectivity index (χ0v) is 16.3. The molecule has 2 aromatic carbocycles. The average molecular weight is 410 g/mol. The number of fused-ring (bicyclic) bond motifs is 3. The predicted molar refractivity (Wildman–Crippen MR) is 111 cm³/mol. The number of carboxylic acid groups (broad SMARTS) is 1. The molecule has 1 aromatic heterocycles. The molecule has 0 bridgehead atoms. The minimum atomic E-state index is -0.899. The molecule has 3 aromatic rings. The van der Waals surface area contributed by atoms with Gasteiger partial charge in [0.25, 0.3) is 0 Å². The van der Waals surface area contributed by atoms with E-state index < -0.39 is 5.97 Å². The van der Waals surface area contributed by atoms with Crippen molar-refractivity contribution in [2.45, 2.75) is 24.9 Å². The minimum Gasteiger partial charge on any atom is -0.478 e. The van der Waals surface area contributed by atoms with Crippen LogP contribution in [-0.2, 0) is 6.42 Å². The molecule has 0 saturated carbocycles. The first-order chi connectivity index (χ1) is 14.0. The van der Waals surface area contributed by atoms with Crippen molar-refractivity contribution in [3.63, 3.8) is 0 Å². The maximum Gasteiger partial charge on any atom is 0.335 e. The third-order valence-corrected chi connectivity index (χ3v) is 6.34. The topological polar surface area (TPSA) is 91.7 Å². The number of hydrogen-bond donors (Lipinski definition) is 3. The number of hydrazine groups is 1. The molecule has 1 aliphatic carbocycles. The van der Waals surface area contributed by atoms with E-state index in [2.05, 4.69) is 10.4 Å². The molecule has 0 radical (unpaired) electrons. The third-order valence-electron chi connectivity index (χ3n) is 6.01. The van der Waals surface area contributed by atoms with E-state index in [1.807, 2.05) is 24.3 Å². The molecule has 148 valence electrons. The molecule has 2 aliphatic rings. The lowest BCUT2D eigenvalue weighted by Gasteiger charge is -2.30. The number of nitrogens with one attached hydrogen (secondary N) is 1. The van der Waals surface area contributed by atoms with Crippen LogP contribution in [0.1, 0.15) is 45.6 Å². The molecular weight excluding hydrogens is 390 g/mol. The maximum absolute atomic E-state index is 11.4. The van der Waals surface area contributed by atoms with E-state index in [0.29, 0.717) is 22.2 Å². The molecule has 0 amide bonds. The number of anilines is 2. The summed E-state index contributed by atoms with van der Waals surface area (Å²) in [7, 11) is 0. The Hall–Kier alpha value is -2.96. The van der Waals surface area contributed by atoms with Gasteiger partial charge in [0.1, 0.15) is 0 Å². The number of nitrogen functional groups attached to an aromatic ring is 1. The largest absolute Gasteiger partial charge is 0.478 e. The molecule has 6 nitrogen and oxygen atoms in total. The number of carboxylic acids is 1. The van der Waals surface area contributed by atoms with Crippen molar-refractivity contribution in [3.8, 4) is 0 Å². The molecule has 5 rings (SSSR count). The van der Waals surface area contributed by atoms with E-state index in [0.717, 1.165) is 35.2 Å². The zero-order chi connectivity index (χ0) is 20.1. The monoisotopic (exact) mass is 409 g/mol. The lowest BCUT2D eigenvalue weighted by Crippen LogP contribution is -2.34. The fourth-order valence-corrected chi connectivity index (χ4v) is 4.82. The van der Waals surface area contributed by atoms with Gasteiger partial charge in [-0.1, -0.05) is 17.7 Å². The number of hydrogen-bond acceptors (Lipinski definition) is 5. The summed E-state index contributed by atoms with van der Waals surface area (Å²) in [5, 5.41) is 12.0. The normalized spacial score (nSPS) is 22.9. The van der Waals surface area contributed by atoms with Gasteiger partial charge >= 0.3 is 5.97 Å². The first-order valence-electron chi connectivity index (χ1n) is 9.51. The van der Waals surface area contributed by atoms with Gasteiger partial charge in [-0.25, -0.2) is 10.2 Å². The van der Waals surface area contributed by atoms with Crippen molar-refractivity contribution in [2.24, 2.45) is 5.92 Å². The van der Waals surface area contributed by atoms with Crippen LogP contribution in [0.4, 0.5) is 11.4 Å². The van der Waals surface area contributed by atoms with Gasteiger partial charge < -0.3 is 15.3 Å². The Kier molecular flexibility index (Phi) is 4.26. The van der Waals surface area contributed by atoms with Gasteiger partial charge in [0.2, 0.25) is 0 Å². The maximum atomic E-state index is 11.4. The van der Waals surface area contributed by atoms with Gasteiger partial charge in [-0.2, -0.15) is 0 Å². The lowest BCUT2D eigenvalue weighted by atomic mass is 9.76. The van der Waals surface area contributed by atoms with Crippen LogP contribution in [0.15, 0.2) is 59.4 Å². The van der Waals surface area contributed by atoms with Gasteiger partial charge in [-0.3, -0.25) is 5.01 Å². The highest BCUT2D eigenvalue weighted by Crippen LogP contribution is 2.50. The number of furan rings is 1. The van der Waals surface area contributed by atoms with Crippen molar-refractivity contribution in [1.29, 1.82) is 0 Å². The van der Waals surface area contributed by atoms with Crippen molar-refractivity contribution in [1.82, 2.24) is 5.43 Å². The highest BCUT2D eigenvalue weighted by molar-refractivity contribution is 6.33. The standard InChI is InChI=1S/C22H20ClN3O3/c23-18-10-15(3-6-19(18)24)26-21(14-7-8-29-11-14)17-5-1-12-9-13(22(27)28)2-4-16(12)20(17)25-26/h2-4,6-11,17,20-21,25H,1,5,24H2,(H,27,28)/t17-,20?,21-/m0/s1. The van der Waals surface area contributed by atoms with E-state index >= 15 is 0 Å². The summed E-state index contributed by atoms with van der Waals surface area (Å²) in [6.45, 7) is 0. The third kappa shape index (κ3) is 2.96. The number of aryl methyl sites for hydroxylation is 1. The molecule has 0 spiro atoms. The summed E-state index contributed by atoms with van der Waals surface area (Å²) in [6, 6.07) is 13.2. The first-order valence-corrected chi connectivity index (χ1v) is 9.89. The number of benzene rings is 2. The van der Waals surface area contributed by atoms with E-state index in [4.69, 9.17) is 21.8 Å². The van der Waals surface area contributed by atoms with Gasteiger partial charge in [0.05, 0.1) is 46.6 Å². The number of carbonyl (C=O) groups is 1. The van der Waals surface area contributed by atoms with Crippen LogP contribution >= 0.6 is 11.6 Å². The van der Waals surface area contributed by atoms with Crippen LogP contribution < -0.4 is 16.2 Å². The molecule has 1 unspecified atom stereocenters. The number of rotatable bonds is 3. The van der Waals surface area contributed by atoms with Gasteiger partial charge in [0.15, 0.2) is 0 Å². The minimum absolute atomic E-state index is 0.0609. The lowest BCUT2D eigenvalue weighted by molar-refractivity contribution is 0.0696. The summed E-state index contributed by atoms with van der Waals surface area (Å²) in [6.07, 6.45) is 5.24. The Balaban J connectivity index is 1.58. The van der Waals surface area contributed by atoms with Crippen molar-refractivity contribution < 1.29 is 14.3 Å². The summed E-state index contributed by atoms with van der Waals surface area (Å²) >= 11 is 6.29. The predicted octanol–water partition coefficient (Wildman–Crippen LogP) is 4.58. The van der Waals surface area contributed by atoms with Crippen LogP contribution in [0.2, 0.25) is 5.02 Å². The quantitative estimate of drug-likeness (QED) is 0.548. The second kappa shape index (κ2) is 6.83. The van der Waals surface area contributed by atoms with Crippen LogP contribution in [0.5, 0.6) is 0 Å². The Morgan fingerprint density at radius 2 is 2.10 bits per heavy atom. The fourth-order valence-electron chi connectivity index (χ4n) is 4.65. The highest BCUT2D eigenvalue weighted by Gasteiger charge is 2.46. The van der Waals surface area contributed by atoms with E-state index in [9.17, 15) is 9.90 Å². The summed E-state index contributed by atoms with van der Waals surface area (Å²) < 4.78 is 5.38. The second-order valence-corrected chi connectivity index (χ2v) is 8.01. The molecule has 4 N–H and O–H groups in total. The number of halogens is 1. The van der Waals surface area contributed by atoms with E-state index in [1.54, 1.807) is 30.7 Å². The second-order valence-electron chi connectivity index (χ2n) is 7.61. The molecule has 1 fully saturated rings. The Bertz CT molecular complexity index is 1080. The SMILES string of the molecule is Nc1ccc(N2NC3c4ccc(C(=O)O)cc4CC[C@@H]3[C@@H]2c2ccoc2)cc1Cl. The molecule has 1 saturated heterocycles. The van der Waals surface area contributed by atoms with Gasteiger partial charge in [0, 0.05) is 11.5 Å². The van der Waals surface area contributed by atoms with E-state index in [-0.39, 0.29) is 12.1 Å². The zero-order valence-electron chi connectivity index (χ0n) is 15.5.